The van der Waals surface area contributed by atoms with E-state index in [1.165, 1.54) is 9.80 Å². The maximum atomic E-state index is 12.9. The highest BCUT2D eigenvalue weighted by atomic mass is 16.6. The first-order valence-corrected chi connectivity index (χ1v) is 16.5. The van der Waals surface area contributed by atoms with E-state index in [-0.39, 0.29) is 24.7 Å². The van der Waals surface area contributed by atoms with Gasteiger partial charge in [-0.15, -0.1) is 0 Å². The van der Waals surface area contributed by atoms with Crippen molar-refractivity contribution in [1.82, 2.24) is 20.4 Å². The third-order valence-electron chi connectivity index (χ3n) is 7.78. The molecule has 13 nitrogen and oxygen atoms in total. The number of rotatable bonds is 10. The van der Waals surface area contributed by atoms with Crippen LogP contribution in [0.1, 0.15) is 87.9 Å². The van der Waals surface area contributed by atoms with Gasteiger partial charge in [0.05, 0.1) is 13.1 Å². The molecule has 2 fully saturated rings. The maximum Gasteiger partial charge on any atom is 0.410 e. The number of ether oxygens (including phenoxy) is 3. The molecule has 2 saturated heterocycles. The smallest absolute Gasteiger partial charge is 0.410 e. The summed E-state index contributed by atoms with van der Waals surface area (Å²) in [5.74, 6) is -0.687. The molecule has 4 amide bonds. The Morgan fingerprint density at radius 1 is 0.653 bits per heavy atom. The van der Waals surface area contributed by atoms with Gasteiger partial charge in [-0.25, -0.2) is 9.59 Å². The van der Waals surface area contributed by atoms with Crippen LogP contribution >= 0.6 is 0 Å². The number of carbonyl (C=O) groups excluding carboxylic acids is 6. The number of nitrogens with one attached hydrogen (secondary N) is 2. The third-order valence-corrected chi connectivity index (χ3v) is 7.78. The van der Waals surface area contributed by atoms with E-state index in [4.69, 9.17) is 14.2 Å². The van der Waals surface area contributed by atoms with Gasteiger partial charge in [-0.1, -0.05) is 12.1 Å². The highest BCUT2D eigenvalue weighted by molar-refractivity contribution is 6.01. The summed E-state index contributed by atoms with van der Waals surface area (Å²) in [5.41, 5.74) is -0.693. The van der Waals surface area contributed by atoms with E-state index in [0.717, 1.165) is 0 Å². The van der Waals surface area contributed by atoms with Gasteiger partial charge in [-0.2, -0.15) is 0 Å². The van der Waals surface area contributed by atoms with Crippen LogP contribution < -0.4 is 15.4 Å². The lowest BCUT2D eigenvalue weighted by Crippen LogP contribution is -2.48. The van der Waals surface area contributed by atoms with Gasteiger partial charge < -0.3 is 24.8 Å². The fourth-order valence-electron chi connectivity index (χ4n) is 5.51. The maximum absolute atomic E-state index is 12.9. The number of ketones is 2. The van der Waals surface area contributed by atoms with Crippen molar-refractivity contribution in [3.8, 4) is 11.5 Å². The van der Waals surface area contributed by atoms with Crippen LogP contribution in [0, 0.1) is 0 Å². The number of Topliss-reactive ketones (excluding diaryl/α,β-unsaturated/α-hetero) is 2. The molecule has 0 spiro atoms. The summed E-state index contributed by atoms with van der Waals surface area (Å²) >= 11 is 0. The number of carbonyl (C=O) groups is 6. The fraction of sp³-hybridized carbons (Fsp3) is 0.500. The topological polar surface area (TPSA) is 161 Å². The molecule has 2 aliphatic heterocycles. The Morgan fingerprint density at radius 2 is 1.12 bits per heavy atom. The highest BCUT2D eigenvalue weighted by Gasteiger charge is 2.38. The molecule has 13 heteroatoms. The van der Waals surface area contributed by atoms with Crippen molar-refractivity contribution in [2.24, 2.45) is 0 Å². The summed E-state index contributed by atoms with van der Waals surface area (Å²) in [5, 5.41) is 5.28. The number of hydrogen-bond donors (Lipinski definition) is 2. The molecule has 0 radical (unpaired) electrons. The first kappa shape index (κ1) is 36.9. The van der Waals surface area contributed by atoms with E-state index < -0.39 is 47.3 Å². The van der Waals surface area contributed by atoms with Gasteiger partial charge in [0.25, 0.3) is 0 Å². The molecule has 2 heterocycles. The standard InChI is InChI=1S/C36H46N4O9/c1-35(2,3)48-33(45)39-18-8-12-27(39)31(43)37-21-29(41)23-14-16-25(17-15-23)47-26-11-7-10-24(20-26)30(42)22-38-32(44)28-13-9-19-40(28)34(46)49-36(4,5)6/h7,10-11,14-17,20,27-28H,8-9,12-13,18-19,21-22H2,1-6H3,(H,37,43)(H,38,44)/t27-,28?/m0/s1. The van der Waals surface area contributed by atoms with Crippen molar-refractivity contribution in [2.45, 2.75) is 90.5 Å². The Morgan fingerprint density at radius 3 is 1.59 bits per heavy atom. The predicted molar refractivity (Wildman–Crippen MR) is 180 cm³/mol. The normalized spacial score (nSPS) is 17.7. The van der Waals surface area contributed by atoms with Crippen molar-refractivity contribution in [3.63, 3.8) is 0 Å². The fourth-order valence-corrected chi connectivity index (χ4v) is 5.51. The van der Waals surface area contributed by atoms with Gasteiger partial charge in [0.2, 0.25) is 11.8 Å². The highest BCUT2D eigenvalue weighted by Crippen LogP contribution is 2.25. The van der Waals surface area contributed by atoms with Crippen molar-refractivity contribution >= 4 is 35.6 Å². The second-order valence-electron chi connectivity index (χ2n) is 14.1. The average Bonchev–Trinajstić information content (AvgIpc) is 3.72. The van der Waals surface area contributed by atoms with E-state index in [2.05, 4.69) is 10.6 Å². The second-order valence-corrected chi connectivity index (χ2v) is 14.1. The minimum atomic E-state index is -0.703. The molecule has 2 aromatic carbocycles. The van der Waals surface area contributed by atoms with Crippen LogP contribution in [0.5, 0.6) is 11.5 Å². The quantitative estimate of drug-likeness (QED) is 0.334. The lowest BCUT2D eigenvalue weighted by molar-refractivity contribution is -0.125. The zero-order valence-corrected chi connectivity index (χ0v) is 29.0. The predicted octanol–water partition coefficient (Wildman–Crippen LogP) is 4.88. The minimum Gasteiger partial charge on any atom is -0.457 e. The van der Waals surface area contributed by atoms with Crippen molar-refractivity contribution in [3.05, 3.63) is 59.7 Å². The number of hydrogen-bond acceptors (Lipinski definition) is 9. The number of amides is 4. The zero-order valence-electron chi connectivity index (χ0n) is 29.0. The van der Waals surface area contributed by atoms with Gasteiger partial charge >= 0.3 is 12.2 Å². The Balaban J connectivity index is 1.26. The average molecular weight is 679 g/mol. The monoisotopic (exact) mass is 678 g/mol. The zero-order chi connectivity index (χ0) is 35.9. The molecule has 0 bridgehead atoms. The first-order chi connectivity index (χ1) is 23.0. The summed E-state index contributed by atoms with van der Waals surface area (Å²) < 4.78 is 16.7. The summed E-state index contributed by atoms with van der Waals surface area (Å²) in [6.45, 7) is 10.9. The number of likely N-dealkylation sites (tertiary alicyclic amines) is 2. The Hall–Kier alpha value is -4.94. The largest absolute Gasteiger partial charge is 0.457 e. The van der Waals surface area contributed by atoms with Crippen LogP contribution in [0.25, 0.3) is 0 Å². The Bertz CT molecular complexity index is 1560. The van der Waals surface area contributed by atoms with E-state index in [9.17, 15) is 28.8 Å². The van der Waals surface area contributed by atoms with Crippen LogP contribution in [-0.4, -0.2) is 94.8 Å². The summed E-state index contributed by atoms with van der Waals surface area (Å²) in [6, 6.07) is 11.4. The molecule has 0 aliphatic carbocycles. The number of benzene rings is 2. The van der Waals surface area contributed by atoms with Gasteiger partial charge in [0.15, 0.2) is 11.6 Å². The molecule has 2 aliphatic rings. The van der Waals surface area contributed by atoms with Crippen LogP contribution in [0.3, 0.4) is 0 Å². The Kier molecular flexibility index (Phi) is 11.7. The molecule has 2 atom stereocenters. The molecular formula is C36H46N4O9. The molecule has 264 valence electrons. The molecule has 1 unspecified atom stereocenters. The van der Waals surface area contributed by atoms with Crippen LogP contribution in [-0.2, 0) is 19.1 Å². The van der Waals surface area contributed by atoms with Crippen molar-refractivity contribution in [2.75, 3.05) is 26.2 Å². The molecule has 2 N–H and O–H groups in total. The summed E-state index contributed by atoms with van der Waals surface area (Å²) in [6.07, 6.45) is 1.18. The van der Waals surface area contributed by atoms with Crippen molar-refractivity contribution < 1.29 is 43.0 Å². The SMILES string of the molecule is CC(C)(C)OC(=O)N1CCCC1C(=O)NCC(=O)c1cccc(Oc2ccc(C(=O)CNC(=O)[C@@H]3CCCN3C(=O)OC(C)(C)C)cc2)c1. The number of nitrogens with zero attached hydrogens (tertiary/aromatic N) is 2. The molecular weight excluding hydrogens is 632 g/mol. The Labute approximate surface area is 286 Å². The summed E-state index contributed by atoms with van der Waals surface area (Å²) in [4.78, 5) is 79.2. The molecule has 0 saturated carbocycles. The van der Waals surface area contributed by atoms with Gasteiger partial charge in [0, 0.05) is 24.2 Å². The van der Waals surface area contributed by atoms with Gasteiger partial charge in [0.1, 0.15) is 34.8 Å². The lowest BCUT2D eigenvalue weighted by atomic mass is 10.1. The van der Waals surface area contributed by atoms with Crippen LogP contribution in [0.15, 0.2) is 48.5 Å². The van der Waals surface area contributed by atoms with Crippen LogP contribution in [0.2, 0.25) is 0 Å². The van der Waals surface area contributed by atoms with Crippen LogP contribution in [0.4, 0.5) is 9.59 Å². The van der Waals surface area contributed by atoms with E-state index in [0.29, 0.717) is 61.4 Å². The lowest BCUT2D eigenvalue weighted by Gasteiger charge is -2.28. The summed E-state index contributed by atoms with van der Waals surface area (Å²) in [7, 11) is 0. The minimum absolute atomic E-state index is 0.238. The van der Waals surface area contributed by atoms with E-state index >= 15 is 0 Å². The molecule has 0 aromatic heterocycles. The van der Waals surface area contributed by atoms with Gasteiger partial charge in [-0.05, 0) is 104 Å². The first-order valence-electron chi connectivity index (χ1n) is 16.5. The molecule has 2 aromatic rings. The van der Waals surface area contributed by atoms with Crippen molar-refractivity contribution in [1.29, 1.82) is 0 Å². The van der Waals surface area contributed by atoms with E-state index in [1.807, 2.05) is 0 Å². The molecule has 49 heavy (non-hydrogen) atoms. The van der Waals surface area contributed by atoms with E-state index in [1.54, 1.807) is 90.1 Å². The third kappa shape index (κ3) is 10.5. The molecule has 4 rings (SSSR count). The second kappa shape index (κ2) is 15.5. The van der Waals surface area contributed by atoms with Gasteiger partial charge in [-0.3, -0.25) is 29.0 Å².